The van der Waals surface area contributed by atoms with E-state index in [2.05, 4.69) is 5.32 Å². The molecule has 22 heavy (non-hydrogen) atoms. The number of hydrogen-bond acceptors (Lipinski definition) is 4. The molecule has 1 aliphatic rings. The van der Waals surface area contributed by atoms with E-state index in [1.165, 1.54) is 24.3 Å². The van der Waals surface area contributed by atoms with Crippen molar-refractivity contribution in [2.45, 2.75) is 37.1 Å². The zero-order valence-corrected chi connectivity index (χ0v) is 13.0. The fourth-order valence-electron chi connectivity index (χ4n) is 2.37. The Bertz CT molecular complexity index is 669. The van der Waals surface area contributed by atoms with Gasteiger partial charge in [-0.25, -0.2) is 8.42 Å². The molecule has 8 heteroatoms. The van der Waals surface area contributed by atoms with Crippen LogP contribution in [0, 0.1) is 0 Å². The molecule has 2 N–H and O–H groups in total. The summed E-state index contributed by atoms with van der Waals surface area (Å²) in [5.74, 6) is -1.30. The predicted molar refractivity (Wildman–Crippen MR) is 79.9 cm³/mol. The number of benzene rings is 1. The van der Waals surface area contributed by atoms with Gasteiger partial charge in [0, 0.05) is 18.7 Å². The Balaban J connectivity index is 2.23. The SMILES string of the molecule is CCC(=O)Nc1ccc(S(=O)(=O)N2CCC[C@@H]2C(=O)O)cc1. The van der Waals surface area contributed by atoms with Crippen LogP contribution in [0.25, 0.3) is 0 Å². The highest BCUT2D eigenvalue weighted by molar-refractivity contribution is 7.89. The van der Waals surface area contributed by atoms with E-state index >= 15 is 0 Å². The Hall–Kier alpha value is -1.93. The molecule has 1 saturated heterocycles. The van der Waals surface area contributed by atoms with Crippen LogP contribution in [-0.4, -0.2) is 42.3 Å². The van der Waals surface area contributed by atoms with Crippen molar-refractivity contribution in [1.29, 1.82) is 0 Å². The van der Waals surface area contributed by atoms with Crippen molar-refractivity contribution in [1.82, 2.24) is 4.31 Å². The fourth-order valence-corrected chi connectivity index (χ4v) is 4.02. The van der Waals surface area contributed by atoms with Gasteiger partial charge in [-0.2, -0.15) is 4.31 Å². The van der Waals surface area contributed by atoms with E-state index in [1.54, 1.807) is 6.92 Å². The Morgan fingerprint density at radius 2 is 1.95 bits per heavy atom. The van der Waals surface area contributed by atoms with Gasteiger partial charge in [0.2, 0.25) is 15.9 Å². The largest absolute Gasteiger partial charge is 0.480 e. The number of anilines is 1. The third-order valence-corrected chi connectivity index (χ3v) is 5.48. The average Bonchev–Trinajstić information content (AvgIpc) is 2.98. The minimum atomic E-state index is -3.84. The first-order valence-corrected chi connectivity index (χ1v) is 8.45. The smallest absolute Gasteiger partial charge is 0.322 e. The van der Waals surface area contributed by atoms with Gasteiger partial charge in [-0.15, -0.1) is 0 Å². The first-order valence-electron chi connectivity index (χ1n) is 7.01. The molecular weight excluding hydrogens is 308 g/mol. The predicted octanol–water partition coefficient (Wildman–Crippen LogP) is 1.27. The summed E-state index contributed by atoms with van der Waals surface area (Å²) >= 11 is 0. The number of nitrogens with one attached hydrogen (secondary N) is 1. The number of aliphatic carboxylic acids is 1. The van der Waals surface area contributed by atoms with Crippen LogP contribution in [0.4, 0.5) is 5.69 Å². The molecule has 0 unspecified atom stereocenters. The molecule has 1 fully saturated rings. The minimum absolute atomic E-state index is 0.0233. The van der Waals surface area contributed by atoms with Crippen molar-refractivity contribution in [3.8, 4) is 0 Å². The van der Waals surface area contributed by atoms with Crippen LogP contribution in [0.3, 0.4) is 0 Å². The molecule has 1 aliphatic heterocycles. The Labute approximate surface area is 129 Å². The molecule has 0 aliphatic carbocycles. The van der Waals surface area contributed by atoms with E-state index < -0.39 is 22.0 Å². The van der Waals surface area contributed by atoms with Crippen LogP contribution in [0.1, 0.15) is 26.2 Å². The van der Waals surface area contributed by atoms with Crippen molar-refractivity contribution in [3.63, 3.8) is 0 Å². The molecule has 2 rings (SSSR count). The molecule has 0 saturated carbocycles. The number of amides is 1. The molecule has 0 bridgehead atoms. The lowest BCUT2D eigenvalue weighted by atomic mass is 10.2. The van der Waals surface area contributed by atoms with Crippen LogP contribution in [0.15, 0.2) is 29.2 Å². The van der Waals surface area contributed by atoms with Gasteiger partial charge < -0.3 is 10.4 Å². The second-order valence-electron chi connectivity index (χ2n) is 5.04. The van der Waals surface area contributed by atoms with Crippen molar-refractivity contribution < 1.29 is 23.1 Å². The average molecular weight is 326 g/mol. The van der Waals surface area contributed by atoms with Gasteiger partial charge in [0.1, 0.15) is 6.04 Å². The van der Waals surface area contributed by atoms with Gasteiger partial charge in [0.05, 0.1) is 4.90 Å². The van der Waals surface area contributed by atoms with Gasteiger partial charge in [0.15, 0.2) is 0 Å². The van der Waals surface area contributed by atoms with Crippen LogP contribution in [-0.2, 0) is 19.6 Å². The Morgan fingerprint density at radius 1 is 1.32 bits per heavy atom. The number of carbonyl (C=O) groups is 2. The summed E-state index contributed by atoms with van der Waals surface area (Å²) in [6.45, 7) is 1.92. The summed E-state index contributed by atoms with van der Waals surface area (Å²) in [6.07, 6.45) is 1.17. The molecule has 1 atom stereocenters. The van der Waals surface area contributed by atoms with Crippen LogP contribution in [0.5, 0.6) is 0 Å². The number of carbonyl (C=O) groups excluding carboxylic acids is 1. The molecule has 0 radical (unpaired) electrons. The lowest BCUT2D eigenvalue weighted by Gasteiger charge is -2.21. The van der Waals surface area contributed by atoms with E-state index in [0.29, 0.717) is 24.9 Å². The summed E-state index contributed by atoms with van der Waals surface area (Å²) in [7, 11) is -3.84. The third-order valence-electron chi connectivity index (χ3n) is 3.55. The van der Waals surface area contributed by atoms with E-state index in [0.717, 1.165) is 4.31 Å². The van der Waals surface area contributed by atoms with Gasteiger partial charge in [-0.3, -0.25) is 9.59 Å². The lowest BCUT2D eigenvalue weighted by molar-refractivity contribution is -0.140. The zero-order chi connectivity index (χ0) is 16.3. The molecule has 7 nitrogen and oxygen atoms in total. The third kappa shape index (κ3) is 3.28. The second kappa shape index (κ2) is 6.45. The highest BCUT2D eigenvalue weighted by Crippen LogP contribution is 2.26. The highest BCUT2D eigenvalue weighted by Gasteiger charge is 2.39. The summed E-state index contributed by atoms with van der Waals surface area (Å²) in [6, 6.07) is 4.72. The van der Waals surface area contributed by atoms with Gasteiger partial charge >= 0.3 is 5.97 Å². The van der Waals surface area contributed by atoms with Crippen LogP contribution in [0.2, 0.25) is 0 Å². The maximum absolute atomic E-state index is 12.5. The number of sulfonamides is 1. The molecule has 1 aromatic rings. The summed E-state index contributed by atoms with van der Waals surface area (Å²) in [5, 5.41) is 11.7. The standard InChI is InChI=1S/C14H18N2O5S/c1-2-13(17)15-10-5-7-11(8-6-10)22(20,21)16-9-3-4-12(16)14(18)19/h5-8,12H,2-4,9H2,1H3,(H,15,17)(H,18,19)/t12-/m1/s1. The number of rotatable bonds is 5. The maximum atomic E-state index is 12.5. The van der Waals surface area contributed by atoms with E-state index in [9.17, 15) is 18.0 Å². The highest BCUT2D eigenvalue weighted by atomic mass is 32.2. The normalized spacial score (nSPS) is 19.0. The molecule has 0 aromatic heterocycles. The van der Waals surface area contributed by atoms with E-state index in [1.807, 2.05) is 0 Å². The summed E-state index contributed by atoms with van der Waals surface area (Å²) in [4.78, 5) is 22.5. The van der Waals surface area contributed by atoms with Crippen LogP contribution < -0.4 is 5.32 Å². The van der Waals surface area contributed by atoms with E-state index in [4.69, 9.17) is 5.11 Å². The molecule has 1 amide bonds. The van der Waals surface area contributed by atoms with E-state index in [-0.39, 0.29) is 17.3 Å². The number of nitrogens with zero attached hydrogens (tertiary/aromatic N) is 1. The van der Waals surface area contributed by atoms with Crippen molar-refractivity contribution in [3.05, 3.63) is 24.3 Å². The maximum Gasteiger partial charge on any atom is 0.322 e. The fraction of sp³-hybridized carbons (Fsp3) is 0.429. The van der Waals surface area contributed by atoms with Gasteiger partial charge in [-0.05, 0) is 37.1 Å². The number of carboxylic acid groups (broad SMARTS) is 1. The Morgan fingerprint density at radius 3 is 2.50 bits per heavy atom. The monoisotopic (exact) mass is 326 g/mol. The molecule has 120 valence electrons. The van der Waals surface area contributed by atoms with Crippen LogP contribution >= 0.6 is 0 Å². The molecule has 1 aromatic carbocycles. The summed E-state index contributed by atoms with van der Waals surface area (Å²) < 4.78 is 26.1. The van der Waals surface area contributed by atoms with Gasteiger partial charge in [-0.1, -0.05) is 6.92 Å². The summed E-state index contributed by atoms with van der Waals surface area (Å²) in [5.41, 5.74) is 0.502. The zero-order valence-electron chi connectivity index (χ0n) is 12.2. The lowest BCUT2D eigenvalue weighted by Crippen LogP contribution is -2.40. The topological polar surface area (TPSA) is 104 Å². The first kappa shape index (κ1) is 16.4. The minimum Gasteiger partial charge on any atom is -0.480 e. The van der Waals surface area contributed by atoms with Crippen molar-refractivity contribution in [2.75, 3.05) is 11.9 Å². The number of carboxylic acids is 1. The molecule has 0 spiro atoms. The van der Waals surface area contributed by atoms with Crippen molar-refractivity contribution in [2.24, 2.45) is 0 Å². The molecule has 1 heterocycles. The Kier molecular flexibility index (Phi) is 4.82. The van der Waals surface area contributed by atoms with Gasteiger partial charge in [0.25, 0.3) is 0 Å². The quantitative estimate of drug-likeness (QED) is 0.848. The number of hydrogen-bond donors (Lipinski definition) is 2. The van der Waals surface area contributed by atoms with Crippen molar-refractivity contribution >= 4 is 27.6 Å². The second-order valence-corrected chi connectivity index (χ2v) is 6.93. The first-order chi connectivity index (χ1) is 10.4. The molecular formula is C14H18N2O5S.